The third kappa shape index (κ3) is 6.11. The molecule has 0 aliphatic rings. The van der Waals surface area contributed by atoms with E-state index >= 15 is 0 Å². The first-order valence-corrected chi connectivity index (χ1v) is 5.25. The minimum absolute atomic E-state index is 0.0395. The molecule has 0 aromatic carbocycles. The average Bonchev–Trinajstić information content (AvgIpc) is 2.28. The molecule has 0 fully saturated rings. The van der Waals surface area contributed by atoms with Crippen LogP contribution in [0.5, 0.6) is 5.75 Å². The van der Waals surface area contributed by atoms with E-state index in [0.29, 0.717) is 12.0 Å². The number of aliphatic hydroxyl groups is 1. The Morgan fingerprint density at radius 1 is 1.33 bits per heavy atom. The number of halogens is 3. The molecule has 3 nitrogen and oxygen atoms in total. The largest absolute Gasteiger partial charge is 0.492 e. The van der Waals surface area contributed by atoms with Crippen molar-refractivity contribution in [2.75, 3.05) is 13.2 Å². The summed E-state index contributed by atoms with van der Waals surface area (Å²) in [6, 6.07) is 1.51. The number of ether oxygens (including phenoxy) is 1. The summed E-state index contributed by atoms with van der Waals surface area (Å²) >= 11 is 0. The highest BCUT2D eigenvalue weighted by Gasteiger charge is 2.26. The molecule has 0 saturated carbocycles. The first-order valence-electron chi connectivity index (χ1n) is 5.25. The van der Waals surface area contributed by atoms with Gasteiger partial charge < -0.3 is 9.84 Å². The van der Waals surface area contributed by atoms with Crippen LogP contribution in [0.2, 0.25) is 0 Å². The summed E-state index contributed by atoms with van der Waals surface area (Å²) in [6.45, 7) is -0.485. The maximum absolute atomic E-state index is 11.9. The molecular weight excluding hydrogens is 247 g/mol. The summed E-state index contributed by atoms with van der Waals surface area (Å²) in [7, 11) is 0. The van der Waals surface area contributed by atoms with Gasteiger partial charge in [-0.3, -0.25) is 4.98 Å². The van der Waals surface area contributed by atoms with Gasteiger partial charge in [0.05, 0.1) is 25.8 Å². The Morgan fingerprint density at radius 2 is 2.11 bits per heavy atom. The van der Waals surface area contributed by atoms with E-state index in [-0.39, 0.29) is 12.4 Å². The molecule has 1 N–H and O–H groups in total. The summed E-state index contributed by atoms with van der Waals surface area (Å²) in [5, 5.41) is 8.54. The van der Waals surface area contributed by atoms with E-state index in [1.54, 1.807) is 0 Å². The number of nitrogens with zero attached hydrogens (tertiary/aromatic N) is 1. The molecule has 0 radical (unpaired) electrons. The van der Waals surface area contributed by atoms with Gasteiger partial charge in [-0.05, 0) is 6.07 Å². The highest BCUT2D eigenvalue weighted by Crippen LogP contribution is 2.20. The maximum atomic E-state index is 11.9. The molecule has 0 aliphatic heterocycles. The zero-order valence-corrected chi connectivity index (χ0v) is 9.50. The number of alkyl halides is 3. The van der Waals surface area contributed by atoms with Crippen molar-refractivity contribution in [3.63, 3.8) is 0 Å². The minimum Gasteiger partial charge on any atom is -0.492 e. The molecule has 0 amide bonds. The molecule has 0 aliphatic carbocycles. The van der Waals surface area contributed by atoms with Crippen LogP contribution in [0.1, 0.15) is 18.4 Å². The number of pyridine rings is 1. The second kappa shape index (κ2) is 6.87. The molecule has 0 unspecified atom stereocenters. The second-order valence-corrected chi connectivity index (χ2v) is 3.40. The van der Waals surface area contributed by atoms with E-state index in [9.17, 15) is 13.2 Å². The quantitative estimate of drug-likeness (QED) is 0.842. The van der Waals surface area contributed by atoms with E-state index in [1.807, 2.05) is 0 Å². The fourth-order valence-electron chi connectivity index (χ4n) is 1.07. The molecule has 0 saturated heterocycles. The Morgan fingerprint density at radius 3 is 2.78 bits per heavy atom. The van der Waals surface area contributed by atoms with Crippen LogP contribution in [0.4, 0.5) is 13.2 Å². The molecule has 6 heteroatoms. The topological polar surface area (TPSA) is 42.4 Å². The van der Waals surface area contributed by atoms with Crippen molar-refractivity contribution in [3.8, 4) is 17.6 Å². The van der Waals surface area contributed by atoms with Crippen LogP contribution in [-0.2, 0) is 0 Å². The van der Waals surface area contributed by atoms with Crippen molar-refractivity contribution in [3.05, 3.63) is 24.0 Å². The van der Waals surface area contributed by atoms with Gasteiger partial charge in [0.15, 0.2) is 0 Å². The van der Waals surface area contributed by atoms with E-state index in [0.717, 1.165) is 0 Å². The fourth-order valence-corrected chi connectivity index (χ4v) is 1.07. The van der Waals surface area contributed by atoms with Crippen LogP contribution in [0.25, 0.3) is 0 Å². The zero-order chi connectivity index (χ0) is 13.4. The van der Waals surface area contributed by atoms with E-state index in [4.69, 9.17) is 9.84 Å². The lowest BCUT2D eigenvalue weighted by molar-refractivity contribution is -0.139. The van der Waals surface area contributed by atoms with Gasteiger partial charge in [0.1, 0.15) is 5.75 Å². The van der Waals surface area contributed by atoms with E-state index in [1.165, 1.54) is 18.5 Å². The Labute approximate surface area is 103 Å². The van der Waals surface area contributed by atoms with Gasteiger partial charge in [-0.2, -0.15) is 13.2 Å². The Bertz CT molecular complexity index is 435. The van der Waals surface area contributed by atoms with Crippen LogP contribution in [0.15, 0.2) is 18.5 Å². The molecule has 1 aromatic rings. The lowest BCUT2D eigenvalue weighted by Gasteiger charge is -2.08. The first-order chi connectivity index (χ1) is 8.51. The zero-order valence-electron chi connectivity index (χ0n) is 9.50. The van der Waals surface area contributed by atoms with E-state index in [2.05, 4.69) is 16.8 Å². The number of hydrogen-bond donors (Lipinski definition) is 1. The van der Waals surface area contributed by atoms with Crippen molar-refractivity contribution < 1.29 is 23.0 Å². The lowest BCUT2D eigenvalue weighted by Crippen LogP contribution is -2.13. The number of hydrogen-bond acceptors (Lipinski definition) is 3. The number of rotatable bonds is 4. The summed E-state index contributed by atoms with van der Waals surface area (Å²) in [6.07, 6.45) is -2.10. The molecular formula is C12H12F3NO2. The van der Waals surface area contributed by atoms with Crippen LogP contribution in [0, 0.1) is 11.8 Å². The van der Waals surface area contributed by atoms with Crippen molar-refractivity contribution in [1.29, 1.82) is 0 Å². The molecule has 0 atom stereocenters. The summed E-state index contributed by atoms with van der Waals surface area (Å²) in [5.74, 6) is 5.65. The second-order valence-electron chi connectivity index (χ2n) is 3.40. The molecule has 1 aromatic heterocycles. The van der Waals surface area contributed by atoms with Gasteiger partial charge >= 0.3 is 6.18 Å². The Kier molecular flexibility index (Phi) is 5.46. The van der Waals surface area contributed by atoms with Crippen LogP contribution >= 0.6 is 0 Å². The van der Waals surface area contributed by atoms with Gasteiger partial charge in [0.25, 0.3) is 0 Å². The van der Waals surface area contributed by atoms with Crippen molar-refractivity contribution >= 4 is 0 Å². The normalized spacial score (nSPS) is 10.7. The first kappa shape index (κ1) is 14.3. The van der Waals surface area contributed by atoms with Crippen LogP contribution in [-0.4, -0.2) is 29.5 Å². The monoisotopic (exact) mass is 259 g/mol. The minimum atomic E-state index is -4.23. The van der Waals surface area contributed by atoms with Gasteiger partial charge in [-0.1, -0.05) is 11.8 Å². The Hall–Kier alpha value is -1.74. The van der Waals surface area contributed by atoms with Gasteiger partial charge in [0.2, 0.25) is 0 Å². The van der Waals surface area contributed by atoms with Gasteiger partial charge in [-0.15, -0.1) is 0 Å². The molecule has 0 bridgehead atoms. The maximum Gasteiger partial charge on any atom is 0.392 e. The lowest BCUT2D eigenvalue weighted by atomic mass is 10.2. The van der Waals surface area contributed by atoms with Crippen LogP contribution in [0.3, 0.4) is 0 Å². The van der Waals surface area contributed by atoms with Crippen molar-refractivity contribution in [2.24, 2.45) is 0 Å². The average molecular weight is 259 g/mol. The van der Waals surface area contributed by atoms with Gasteiger partial charge in [0, 0.05) is 18.2 Å². The third-order valence-electron chi connectivity index (χ3n) is 1.84. The summed E-state index contributed by atoms with van der Waals surface area (Å²) < 4.78 is 40.6. The van der Waals surface area contributed by atoms with Gasteiger partial charge in [-0.25, -0.2) is 0 Å². The smallest absolute Gasteiger partial charge is 0.392 e. The van der Waals surface area contributed by atoms with Crippen molar-refractivity contribution in [2.45, 2.75) is 19.0 Å². The predicted molar refractivity (Wildman–Crippen MR) is 59.0 cm³/mol. The third-order valence-corrected chi connectivity index (χ3v) is 1.84. The molecule has 1 heterocycles. The standard InChI is InChI=1S/C12H12F3NO2/c13-12(14,15)4-6-18-11-7-10(8-16-9-11)3-1-2-5-17/h7-9,17H,2,4-6H2. The Balaban J connectivity index is 2.53. The van der Waals surface area contributed by atoms with E-state index < -0.39 is 19.2 Å². The molecule has 0 spiro atoms. The number of aromatic nitrogens is 1. The highest BCUT2D eigenvalue weighted by molar-refractivity contribution is 5.36. The van der Waals surface area contributed by atoms with Crippen molar-refractivity contribution in [1.82, 2.24) is 4.98 Å². The summed E-state index contributed by atoms with van der Waals surface area (Å²) in [4.78, 5) is 3.81. The summed E-state index contributed by atoms with van der Waals surface area (Å²) in [5.41, 5.74) is 0.535. The fraction of sp³-hybridized carbons (Fsp3) is 0.417. The SMILES string of the molecule is OCCC#Cc1cncc(OCCC(F)(F)F)c1. The number of aliphatic hydroxyl groups excluding tert-OH is 1. The molecule has 18 heavy (non-hydrogen) atoms. The van der Waals surface area contributed by atoms with Crippen LogP contribution < -0.4 is 4.74 Å². The highest BCUT2D eigenvalue weighted by atomic mass is 19.4. The predicted octanol–water partition coefficient (Wildman–Crippen LogP) is 2.15. The molecule has 98 valence electrons. The molecule has 1 rings (SSSR count).